The van der Waals surface area contributed by atoms with Crippen LogP contribution in [0.2, 0.25) is 0 Å². The highest BCUT2D eigenvalue weighted by Crippen LogP contribution is 2.24. The summed E-state index contributed by atoms with van der Waals surface area (Å²) in [5.41, 5.74) is 4.63. The molecule has 70 valence electrons. The molecule has 1 aliphatic heterocycles. The Balaban J connectivity index is 2.46. The maximum atomic E-state index is 3.41. The third kappa shape index (κ3) is 1.61. The number of hydrogen-bond acceptors (Lipinski definition) is 1. The first-order chi connectivity index (χ1) is 6.29. The maximum absolute atomic E-state index is 3.41. The van der Waals surface area contributed by atoms with Crippen LogP contribution in [0.15, 0.2) is 18.2 Å². The Morgan fingerprint density at radius 2 is 2.15 bits per heavy atom. The minimum atomic E-state index is 0.660. The first-order valence-electron chi connectivity index (χ1n) is 5.10. The molecule has 1 aromatic rings. The van der Waals surface area contributed by atoms with Crippen molar-refractivity contribution in [3.63, 3.8) is 0 Å². The monoisotopic (exact) mass is 175 g/mol. The summed E-state index contributed by atoms with van der Waals surface area (Å²) in [6.07, 6.45) is 1.20. The molecule has 0 saturated carbocycles. The predicted molar refractivity (Wildman–Crippen MR) is 55.9 cm³/mol. The van der Waals surface area contributed by atoms with E-state index >= 15 is 0 Å². The lowest BCUT2D eigenvalue weighted by atomic mass is 9.90. The van der Waals surface area contributed by atoms with Crippen LogP contribution in [0.5, 0.6) is 0 Å². The fourth-order valence-corrected chi connectivity index (χ4v) is 2.10. The van der Waals surface area contributed by atoms with Gasteiger partial charge in [0.05, 0.1) is 0 Å². The molecule has 0 bridgehead atoms. The van der Waals surface area contributed by atoms with Gasteiger partial charge in [-0.1, -0.05) is 32.0 Å². The average Bonchev–Trinajstić information content (AvgIpc) is 2.17. The lowest BCUT2D eigenvalue weighted by Gasteiger charge is -2.21. The van der Waals surface area contributed by atoms with Crippen LogP contribution in [0.1, 0.15) is 36.5 Å². The fourth-order valence-electron chi connectivity index (χ4n) is 2.10. The van der Waals surface area contributed by atoms with E-state index in [1.54, 1.807) is 11.1 Å². The SMILES string of the molecule is CC(C)c1cccc2c1CCNC2. The number of fused-ring (bicyclic) bond motifs is 1. The van der Waals surface area contributed by atoms with Gasteiger partial charge in [0.1, 0.15) is 0 Å². The predicted octanol–water partition coefficient (Wildman–Crippen LogP) is 2.46. The highest BCUT2D eigenvalue weighted by Gasteiger charge is 2.13. The average molecular weight is 175 g/mol. The van der Waals surface area contributed by atoms with Crippen molar-refractivity contribution < 1.29 is 0 Å². The van der Waals surface area contributed by atoms with E-state index in [4.69, 9.17) is 0 Å². The Kier molecular flexibility index (Phi) is 2.36. The Bertz CT molecular complexity index is 302. The minimum absolute atomic E-state index is 0.660. The topological polar surface area (TPSA) is 12.0 Å². The van der Waals surface area contributed by atoms with Crippen molar-refractivity contribution in [1.82, 2.24) is 5.32 Å². The highest BCUT2D eigenvalue weighted by molar-refractivity contribution is 5.38. The lowest BCUT2D eigenvalue weighted by molar-refractivity contribution is 0.634. The summed E-state index contributed by atoms with van der Waals surface area (Å²) in [7, 11) is 0. The molecule has 13 heavy (non-hydrogen) atoms. The Morgan fingerprint density at radius 1 is 1.31 bits per heavy atom. The van der Waals surface area contributed by atoms with Crippen LogP contribution in [0.25, 0.3) is 0 Å². The maximum Gasteiger partial charge on any atom is 0.0208 e. The Hall–Kier alpha value is -0.820. The van der Waals surface area contributed by atoms with E-state index in [2.05, 4.69) is 37.4 Å². The second kappa shape index (κ2) is 3.51. The van der Waals surface area contributed by atoms with E-state index in [0.717, 1.165) is 13.1 Å². The van der Waals surface area contributed by atoms with Gasteiger partial charge in [-0.3, -0.25) is 0 Å². The fraction of sp³-hybridized carbons (Fsp3) is 0.500. The van der Waals surface area contributed by atoms with E-state index in [0.29, 0.717) is 5.92 Å². The number of rotatable bonds is 1. The van der Waals surface area contributed by atoms with Gasteiger partial charge in [-0.15, -0.1) is 0 Å². The summed E-state index contributed by atoms with van der Waals surface area (Å²) in [6.45, 7) is 6.74. The normalized spacial score (nSPS) is 15.9. The molecule has 1 nitrogen and oxygen atoms in total. The van der Waals surface area contributed by atoms with Crippen molar-refractivity contribution >= 4 is 0 Å². The molecule has 0 unspecified atom stereocenters. The third-order valence-electron chi connectivity index (χ3n) is 2.80. The van der Waals surface area contributed by atoms with E-state index < -0.39 is 0 Å². The molecule has 1 aliphatic rings. The lowest BCUT2D eigenvalue weighted by Crippen LogP contribution is -2.24. The molecule has 1 aromatic carbocycles. The van der Waals surface area contributed by atoms with Gasteiger partial charge in [0.2, 0.25) is 0 Å². The zero-order valence-corrected chi connectivity index (χ0v) is 8.43. The molecule has 0 fully saturated rings. The van der Waals surface area contributed by atoms with Crippen LogP contribution in [0.3, 0.4) is 0 Å². The standard InChI is InChI=1S/C12H17N/c1-9(2)11-5-3-4-10-8-13-7-6-12(10)11/h3-5,9,13H,6-8H2,1-2H3. The Morgan fingerprint density at radius 3 is 2.92 bits per heavy atom. The zero-order chi connectivity index (χ0) is 9.26. The van der Waals surface area contributed by atoms with Gasteiger partial charge in [0, 0.05) is 6.54 Å². The highest BCUT2D eigenvalue weighted by atomic mass is 14.9. The third-order valence-corrected chi connectivity index (χ3v) is 2.80. The van der Waals surface area contributed by atoms with Gasteiger partial charge in [-0.25, -0.2) is 0 Å². The number of hydrogen-bond donors (Lipinski definition) is 1. The molecule has 0 radical (unpaired) electrons. The van der Waals surface area contributed by atoms with Gasteiger partial charge in [0.25, 0.3) is 0 Å². The quantitative estimate of drug-likeness (QED) is 0.691. The molecule has 0 amide bonds. The number of nitrogens with one attached hydrogen (secondary N) is 1. The summed E-state index contributed by atoms with van der Waals surface area (Å²) in [5, 5.41) is 3.41. The van der Waals surface area contributed by atoms with Gasteiger partial charge in [0.15, 0.2) is 0 Å². The van der Waals surface area contributed by atoms with E-state index in [1.807, 2.05) is 0 Å². The van der Waals surface area contributed by atoms with E-state index in [1.165, 1.54) is 12.0 Å². The summed E-state index contributed by atoms with van der Waals surface area (Å²) < 4.78 is 0. The van der Waals surface area contributed by atoms with Crippen molar-refractivity contribution in [3.05, 3.63) is 34.9 Å². The van der Waals surface area contributed by atoms with Gasteiger partial charge in [-0.2, -0.15) is 0 Å². The van der Waals surface area contributed by atoms with Crippen molar-refractivity contribution in [2.24, 2.45) is 0 Å². The molecular formula is C12H17N. The summed E-state index contributed by atoms with van der Waals surface area (Å²) in [5.74, 6) is 0.660. The molecular weight excluding hydrogens is 158 g/mol. The smallest absolute Gasteiger partial charge is 0.0208 e. The first kappa shape index (κ1) is 8.76. The zero-order valence-electron chi connectivity index (χ0n) is 8.43. The second-order valence-electron chi connectivity index (χ2n) is 4.07. The molecule has 1 heterocycles. The number of benzene rings is 1. The van der Waals surface area contributed by atoms with E-state index in [9.17, 15) is 0 Å². The van der Waals surface area contributed by atoms with Gasteiger partial charge >= 0.3 is 0 Å². The van der Waals surface area contributed by atoms with Crippen molar-refractivity contribution in [2.75, 3.05) is 6.54 Å². The molecule has 1 heteroatoms. The van der Waals surface area contributed by atoms with Crippen LogP contribution in [0.4, 0.5) is 0 Å². The molecule has 0 aromatic heterocycles. The molecule has 0 aliphatic carbocycles. The molecule has 1 N–H and O–H groups in total. The minimum Gasteiger partial charge on any atom is -0.312 e. The van der Waals surface area contributed by atoms with Crippen LogP contribution < -0.4 is 5.32 Å². The van der Waals surface area contributed by atoms with Crippen LogP contribution in [-0.4, -0.2) is 6.54 Å². The molecule has 0 saturated heterocycles. The van der Waals surface area contributed by atoms with Crippen molar-refractivity contribution in [1.29, 1.82) is 0 Å². The second-order valence-corrected chi connectivity index (χ2v) is 4.07. The molecule has 2 rings (SSSR count). The Labute approximate surface area is 80.2 Å². The first-order valence-corrected chi connectivity index (χ1v) is 5.10. The molecule has 0 atom stereocenters. The van der Waals surface area contributed by atoms with Crippen molar-refractivity contribution in [2.45, 2.75) is 32.7 Å². The summed E-state index contributed by atoms with van der Waals surface area (Å²) in [4.78, 5) is 0. The van der Waals surface area contributed by atoms with Crippen LogP contribution >= 0.6 is 0 Å². The summed E-state index contributed by atoms with van der Waals surface area (Å²) in [6, 6.07) is 6.70. The van der Waals surface area contributed by atoms with Crippen molar-refractivity contribution in [3.8, 4) is 0 Å². The largest absolute Gasteiger partial charge is 0.312 e. The van der Waals surface area contributed by atoms with Gasteiger partial charge < -0.3 is 5.32 Å². The van der Waals surface area contributed by atoms with Crippen LogP contribution in [-0.2, 0) is 13.0 Å². The summed E-state index contributed by atoms with van der Waals surface area (Å²) >= 11 is 0. The van der Waals surface area contributed by atoms with Gasteiger partial charge in [-0.05, 0) is 35.6 Å². The molecule has 0 spiro atoms. The van der Waals surface area contributed by atoms with Crippen LogP contribution in [0, 0.1) is 0 Å². The van der Waals surface area contributed by atoms with E-state index in [-0.39, 0.29) is 0 Å².